The SMILES string of the molecule is COC(C)(C)c1cccc(CCN2CCNCC2)c1. The van der Waals surface area contributed by atoms with Crippen LogP contribution in [-0.4, -0.2) is 44.7 Å². The summed E-state index contributed by atoms with van der Waals surface area (Å²) >= 11 is 0. The van der Waals surface area contributed by atoms with Gasteiger partial charge in [0.15, 0.2) is 0 Å². The van der Waals surface area contributed by atoms with Crippen molar-refractivity contribution in [3.63, 3.8) is 0 Å². The summed E-state index contributed by atoms with van der Waals surface area (Å²) in [5.74, 6) is 0. The Bertz CT molecular complexity index is 397. The van der Waals surface area contributed by atoms with Crippen LogP contribution in [0.4, 0.5) is 0 Å². The average molecular weight is 262 g/mol. The predicted octanol–water partition coefficient (Wildman–Crippen LogP) is 2.02. The molecular formula is C16H26N2O. The van der Waals surface area contributed by atoms with E-state index in [4.69, 9.17) is 4.74 Å². The van der Waals surface area contributed by atoms with Crippen LogP contribution in [-0.2, 0) is 16.8 Å². The lowest BCUT2D eigenvalue weighted by Gasteiger charge is -2.27. The Kier molecular flexibility index (Phi) is 4.97. The zero-order valence-corrected chi connectivity index (χ0v) is 12.4. The number of nitrogens with one attached hydrogen (secondary N) is 1. The van der Waals surface area contributed by atoms with Gasteiger partial charge >= 0.3 is 0 Å². The van der Waals surface area contributed by atoms with Gasteiger partial charge in [0.25, 0.3) is 0 Å². The summed E-state index contributed by atoms with van der Waals surface area (Å²) in [4.78, 5) is 2.53. The monoisotopic (exact) mass is 262 g/mol. The average Bonchev–Trinajstić information content (AvgIpc) is 2.46. The number of rotatable bonds is 5. The summed E-state index contributed by atoms with van der Waals surface area (Å²) in [5, 5.41) is 3.39. The van der Waals surface area contributed by atoms with Crippen LogP contribution in [0, 0.1) is 0 Å². The molecule has 0 saturated carbocycles. The van der Waals surface area contributed by atoms with Crippen molar-refractivity contribution in [1.29, 1.82) is 0 Å². The van der Waals surface area contributed by atoms with Crippen LogP contribution >= 0.6 is 0 Å². The number of methoxy groups -OCH3 is 1. The molecule has 1 fully saturated rings. The molecule has 0 amide bonds. The van der Waals surface area contributed by atoms with E-state index in [9.17, 15) is 0 Å². The first-order valence-electron chi connectivity index (χ1n) is 7.19. The van der Waals surface area contributed by atoms with Gasteiger partial charge in [0.1, 0.15) is 0 Å². The van der Waals surface area contributed by atoms with Gasteiger partial charge in [0, 0.05) is 39.8 Å². The number of nitrogens with zero attached hydrogens (tertiary/aromatic N) is 1. The number of piperazine rings is 1. The van der Waals surface area contributed by atoms with Crippen molar-refractivity contribution in [2.24, 2.45) is 0 Å². The van der Waals surface area contributed by atoms with Crippen molar-refractivity contribution in [3.8, 4) is 0 Å². The Balaban J connectivity index is 1.95. The summed E-state index contributed by atoms with van der Waals surface area (Å²) in [6.07, 6.45) is 1.12. The standard InChI is InChI=1S/C16H26N2O/c1-16(2,19-3)15-6-4-5-14(13-15)7-10-18-11-8-17-9-12-18/h4-6,13,17H,7-12H2,1-3H3. The summed E-state index contributed by atoms with van der Waals surface area (Å²) in [6, 6.07) is 8.80. The minimum absolute atomic E-state index is 0.203. The predicted molar refractivity (Wildman–Crippen MR) is 79.5 cm³/mol. The van der Waals surface area contributed by atoms with E-state index in [1.165, 1.54) is 24.2 Å². The molecule has 0 radical (unpaired) electrons. The fourth-order valence-electron chi connectivity index (χ4n) is 2.44. The molecule has 1 aromatic carbocycles. The van der Waals surface area contributed by atoms with Gasteiger partial charge in [-0.05, 0) is 31.4 Å². The van der Waals surface area contributed by atoms with E-state index in [2.05, 4.69) is 48.3 Å². The maximum atomic E-state index is 5.55. The van der Waals surface area contributed by atoms with Gasteiger partial charge in [-0.2, -0.15) is 0 Å². The molecule has 19 heavy (non-hydrogen) atoms. The second kappa shape index (κ2) is 6.51. The normalized spacial score (nSPS) is 17.6. The Hall–Kier alpha value is -0.900. The van der Waals surface area contributed by atoms with Crippen LogP contribution in [0.1, 0.15) is 25.0 Å². The lowest BCUT2D eigenvalue weighted by atomic mass is 9.95. The molecule has 1 aliphatic heterocycles. The fourth-order valence-corrected chi connectivity index (χ4v) is 2.44. The lowest BCUT2D eigenvalue weighted by molar-refractivity contribution is 0.0191. The fraction of sp³-hybridized carbons (Fsp3) is 0.625. The molecular weight excluding hydrogens is 236 g/mol. The van der Waals surface area contributed by atoms with E-state index < -0.39 is 0 Å². The van der Waals surface area contributed by atoms with Crippen molar-refractivity contribution in [1.82, 2.24) is 10.2 Å². The van der Waals surface area contributed by atoms with Gasteiger partial charge in [-0.15, -0.1) is 0 Å². The maximum absolute atomic E-state index is 5.55. The van der Waals surface area contributed by atoms with E-state index in [1.807, 2.05) is 0 Å². The van der Waals surface area contributed by atoms with E-state index >= 15 is 0 Å². The number of hydrogen-bond donors (Lipinski definition) is 1. The van der Waals surface area contributed by atoms with Crippen molar-refractivity contribution < 1.29 is 4.74 Å². The van der Waals surface area contributed by atoms with E-state index in [0.29, 0.717) is 0 Å². The zero-order valence-electron chi connectivity index (χ0n) is 12.4. The Labute approximate surface area is 116 Å². The van der Waals surface area contributed by atoms with Crippen LogP contribution in [0.25, 0.3) is 0 Å². The molecule has 106 valence electrons. The minimum Gasteiger partial charge on any atom is -0.374 e. The highest BCUT2D eigenvalue weighted by Crippen LogP contribution is 2.24. The Morgan fingerprint density at radius 1 is 1.26 bits per heavy atom. The molecule has 1 saturated heterocycles. The van der Waals surface area contributed by atoms with Crippen molar-refractivity contribution in [2.75, 3.05) is 39.8 Å². The molecule has 0 spiro atoms. The first kappa shape index (κ1) is 14.5. The van der Waals surface area contributed by atoms with Gasteiger partial charge in [0.05, 0.1) is 5.60 Å². The van der Waals surface area contributed by atoms with Gasteiger partial charge < -0.3 is 15.0 Å². The van der Waals surface area contributed by atoms with Gasteiger partial charge in [-0.25, -0.2) is 0 Å². The van der Waals surface area contributed by atoms with Crippen LogP contribution in [0.3, 0.4) is 0 Å². The van der Waals surface area contributed by atoms with Gasteiger partial charge in [0.2, 0.25) is 0 Å². The molecule has 0 atom stereocenters. The summed E-state index contributed by atoms with van der Waals surface area (Å²) in [6.45, 7) is 9.96. The molecule has 3 heteroatoms. The number of benzene rings is 1. The van der Waals surface area contributed by atoms with Crippen LogP contribution in [0.2, 0.25) is 0 Å². The Morgan fingerprint density at radius 2 is 2.00 bits per heavy atom. The second-order valence-electron chi connectivity index (χ2n) is 5.76. The molecule has 3 nitrogen and oxygen atoms in total. The quantitative estimate of drug-likeness (QED) is 0.878. The van der Waals surface area contributed by atoms with E-state index in [0.717, 1.165) is 26.1 Å². The second-order valence-corrected chi connectivity index (χ2v) is 5.76. The van der Waals surface area contributed by atoms with Crippen LogP contribution in [0.5, 0.6) is 0 Å². The van der Waals surface area contributed by atoms with Gasteiger partial charge in [-0.1, -0.05) is 24.3 Å². The molecule has 1 N–H and O–H groups in total. The molecule has 1 aliphatic rings. The highest BCUT2D eigenvalue weighted by atomic mass is 16.5. The topological polar surface area (TPSA) is 24.5 Å². The summed E-state index contributed by atoms with van der Waals surface area (Å²) < 4.78 is 5.55. The van der Waals surface area contributed by atoms with Crippen molar-refractivity contribution >= 4 is 0 Å². The first-order valence-corrected chi connectivity index (χ1v) is 7.19. The molecule has 2 rings (SSSR count). The molecule has 1 aromatic rings. The maximum Gasteiger partial charge on any atom is 0.0871 e. The third-order valence-electron chi connectivity index (χ3n) is 4.06. The molecule has 1 heterocycles. The minimum atomic E-state index is -0.203. The summed E-state index contributed by atoms with van der Waals surface area (Å²) in [5.41, 5.74) is 2.46. The molecule has 0 aromatic heterocycles. The van der Waals surface area contributed by atoms with Gasteiger partial charge in [-0.3, -0.25) is 0 Å². The molecule has 0 aliphatic carbocycles. The largest absolute Gasteiger partial charge is 0.374 e. The lowest BCUT2D eigenvalue weighted by Crippen LogP contribution is -2.44. The van der Waals surface area contributed by atoms with Crippen molar-refractivity contribution in [2.45, 2.75) is 25.9 Å². The highest BCUT2D eigenvalue weighted by Gasteiger charge is 2.19. The van der Waals surface area contributed by atoms with E-state index in [-0.39, 0.29) is 5.60 Å². The van der Waals surface area contributed by atoms with Crippen molar-refractivity contribution in [3.05, 3.63) is 35.4 Å². The Morgan fingerprint density at radius 3 is 2.68 bits per heavy atom. The van der Waals surface area contributed by atoms with Crippen LogP contribution < -0.4 is 5.32 Å². The number of ether oxygens (including phenoxy) is 1. The third kappa shape index (κ3) is 4.03. The smallest absolute Gasteiger partial charge is 0.0871 e. The zero-order chi connectivity index (χ0) is 13.7. The highest BCUT2D eigenvalue weighted by molar-refractivity contribution is 5.27. The first-order chi connectivity index (χ1) is 9.12. The third-order valence-corrected chi connectivity index (χ3v) is 4.06. The molecule has 0 unspecified atom stereocenters. The summed E-state index contributed by atoms with van der Waals surface area (Å²) in [7, 11) is 1.77. The number of hydrogen-bond acceptors (Lipinski definition) is 3. The van der Waals surface area contributed by atoms with Crippen LogP contribution in [0.15, 0.2) is 24.3 Å². The molecule has 0 bridgehead atoms. The van der Waals surface area contributed by atoms with E-state index in [1.54, 1.807) is 7.11 Å².